The highest BCUT2D eigenvalue weighted by Crippen LogP contribution is 2.22. The Morgan fingerprint density at radius 2 is 1.61 bits per heavy atom. The minimum absolute atomic E-state index is 0.0345. The number of pyridine rings is 1. The summed E-state index contributed by atoms with van der Waals surface area (Å²) in [6, 6.07) is 22.6. The molecule has 2 aromatic carbocycles. The Morgan fingerprint density at radius 3 is 2.27 bits per heavy atom. The van der Waals surface area contributed by atoms with Crippen molar-refractivity contribution in [3.8, 4) is 0 Å². The second-order valence-electron chi connectivity index (χ2n) is 7.72. The van der Waals surface area contributed by atoms with Crippen LogP contribution in [0.25, 0.3) is 0 Å². The van der Waals surface area contributed by atoms with Gasteiger partial charge in [0.1, 0.15) is 16.9 Å². The number of amides is 1. The lowest BCUT2D eigenvalue weighted by Crippen LogP contribution is -2.22. The van der Waals surface area contributed by atoms with Crippen molar-refractivity contribution >= 4 is 11.6 Å². The monoisotopic (exact) mass is 441 g/mol. The molecule has 4 rings (SSSR count). The second-order valence-corrected chi connectivity index (χ2v) is 7.72. The zero-order valence-electron chi connectivity index (χ0n) is 18.4. The normalized spacial score (nSPS) is 11.5. The summed E-state index contributed by atoms with van der Waals surface area (Å²) >= 11 is 0. The van der Waals surface area contributed by atoms with Crippen LogP contribution in [-0.2, 0) is 13.1 Å². The SMILES string of the molecule is Cc1nn(Cc2ccc(C(=O)N=c3ccccn3Cc3ccccc3)cc2)c(C)c1[N+](=O)[O-]. The fourth-order valence-electron chi connectivity index (χ4n) is 3.68. The Balaban J connectivity index is 1.54. The Bertz CT molecular complexity index is 1370. The van der Waals surface area contributed by atoms with Gasteiger partial charge in [0.25, 0.3) is 5.91 Å². The first-order valence-corrected chi connectivity index (χ1v) is 10.5. The van der Waals surface area contributed by atoms with Crippen molar-refractivity contribution in [3.63, 3.8) is 0 Å². The van der Waals surface area contributed by atoms with Crippen LogP contribution in [0.5, 0.6) is 0 Å². The van der Waals surface area contributed by atoms with Crippen molar-refractivity contribution in [2.24, 2.45) is 4.99 Å². The van der Waals surface area contributed by atoms with Gasteiger partial charge < -0.3 is 4.57 Å². The van der Waals surface area contributed by atoms with E-state index < -0.39 is 4.92 Å². The topological polar surface area (TPSA) is 95.3 Å². The molecular formula is C25H23N5O3. The van der Waals surface area contributed by atoms with Crippen LogP contribution in [0.2, 0.25) is 0 Å². The summed E-state index contributed by atoms with van der Waals surface area (Å²) in [6.45, 7) is 4.29. The molecule has 0 saturated carbocycles. The van der Waals surface area contributed by atoms with Crippen molar-refractivity contribution in [2.75, 3.05) is 0 Å². The zero-order chi connectivity index (χ0) is 23.4. The van der Waals surface area contributed by atoms with Crippen LogP contribution in [0.4, 0.5) is 5.69 Å². The van der Waals surface area contributed by atoms with E-state index in [0.29, 0.717) is 35.5 Å². The number of benzene rings is 2. The van der Waals surface area contributed by atoms with Gasteiger partial charge in [-0.1, -0.05) is 48.5 Å². The van der Waals surface area contributed by atoms with Crippen molar-refractivity contribution < 1.29 is 9.72 Å². The van der Waals surface area contributed by atoms with Gasteiger partial charge in [-0.05, 0) is 49.2 Å². The average Bonchev–Trinajstić information content (AvgIpc) is 3.09. The molecule has 0 saturated heterocycles. The molecule has 2 heterocycles. The van der Waals surface area contributed by atoms with Crippen LogP contribution in [0.1, 0.15) is 32.9 Å². The second kappa shape index (κ2) is 9.44. The molecule has 33 heavy (non-hydrogen) atoms. The molecule has 1 amide bonds. The molecule has 0 spiro atoms. The molecule has 0 bridgehead atoms. The highest BCUT2D eigenvalue weighted by molar-refractivity contribution is 5.94. The van der Waals surface area contributed by atoms with Crippen LogP contribution < -0.4 is 5.49 Å². The van der Waals surface area contributed by atoms with E-state index in [1.54, 1.807) is 30.7 Å². The van der Waals surface area contributed by atoms with Crippen molar-refractivity contribution in [3.05, 3.63) is 123 Å². The number of hydrogen-bond donors (Lipinski definition) is 0. The summed E-state index contributed by atoms with van der Waals surface area (Å²) in [7, 11) is 0. The highest BCUT2D eigenvalue weighted by atomic mass is 16.6. The van der Waals surface area contributed by atoms with E-state index in [2.05, 4.69) is 10.1 Å². The molecule has 0 atom stereocenters. The lowest BCUT2D eigenvalue weighted by molar-refractivity contribution is -0.386. The quantitative estimate of drug-likeness (QED) is 0.333. The molecule has 2 aromatic heterocycles. The molecule has 0 fully saturated rings. The van der Waals surface area contributed by atoms with Crippen LogP contribution in [0.3, 0.4) is 0 Å². The van der Waals surface area contributed by atoms with Gasteiger partial charge in [0.05, 0.1) is 11.5 Å². The van der Waals surface area contributed by atoms with E-state index in [1.807, 2.05) is 71.4 Å². The summed E-state index contributed by atoms with van der Waals surface area (Å²) in [4.78, 5) is 27.9. The first-order valence-electron chi connectivity index (χ1n) is 10.5. The maximum atomic E-state index is 12.8. The third-order valence-corrected chi connectivity index (χ3v) is 5.39. The van der Waals surface area contributed by atoms with Gasteiger partial charge in [-0.2, -0.15) is 10.1 Å². The highest BCUT2D eigenvalue weighted by Gasteiger charge is 2.21. The number of aryl methyl sites for hydroxylation is 1. The molecule has 0 radical (unpaired) electrons. The van der Waals surface area contributed by atoms with Gasteiger partial charge in [-0.25, -0.2) is 0 Å². The van der Waals surface area contributed by atoms with E-state index in [1.165, 1.54) is 0 Å². The zero-order valence-corrected chi connectivity index (χ0v) is 18.4. The lowest BCUT2D eigenvalue weighted by Gasteiger charge is -2.07. The third-order valence-electron chi connectivity index (χ3n) is 5.39. The molecule has 0 aliphatic rings. The third kappa shape index (κ3) is 4.95. The minimum Gasteiger partial charge on any atom is -0.328 e. The fourth-order valence-corrected chi connectivity index (χ4v) is 3.68. The van der Waals surface area contributed by atoms with Gasteiger partial charge in [0.15, 0.2) is 0 Å². The van der Waals surface area contributed by atoms with E-state index in [0.717, 1.165) is 11.1 Å². The number of aromatic nitrogens is 3. The Kier molecular flexibility index (Phi) is 6.26. The summed E-state index contributed by atoms with van der Waals surface area (Å²) < 4.78 is 3.53. The van der Waals surface area contributed by atoms with Crippen LogP contribution in [-0.4, -0.2) is 25.2 Å². The molecule has 0 N–H and O–H groups in total. The van der Waals surface area contributed by atoms with Gasteiger partial charge in [0, 0.05) is 18.3 Å². The maximum Gasteiger partial charge on any atom is 0.312 e. The van der Waals surface area contributed by atoms with E-state index in [9.17, 15) is 14.9 Å². The first-order chi connectivity index (χ1) is 15.9. The molecule has 8 nitrogen and oxygen atoms in total. The standard InChI is InChI=1S/C25H23N5O3/c1-18-24(30(32)33)19(2)29(27-18)17-21-11-13-22(14-12-21)25(31)26-23-10-6-7-15-28(23)16-20-8-4-3-5-9-20/h3-15H,16-17H2,1-2H3. The smallest absolute Gasteiger partial charge is 0.312 e. The van der Waals surface area contributed by atoms with E-state index in [-0.39, 0.29) is 11.6 Å². The number of hydrogen-bond acceptors (Lipinski definition) is 4. The van der Waals surface area contributed by atoms with E-state index >= 15 is 0 Å². The van der Waals surface area contributed by atoms with Crippen molar-refractivity contribution in [2.45, 2.75) is 26.9 Å². The molecule has 4 aromatic rings. The average molecular weight is 441 g/mol. The van der Waals surface area contributed by atoms with Crippen LogP contribution in [0, 0.1) is 24.0 Å². The maximum absolute atomic E-state index is 12.8. The van der Waals surface area contributed by atoms with Crippen molar-refractivity contribution in [1.29, 1.82) is 0 Å². The number of nitro groups is 1. The first kappa shape index (κ1) is 21.9. The fraction of sp³-hybridized carbons (Fsp3) is 0.160. The summed E-state index contributed by atoms with van der Waals surface area (Å²) in [5.41, 5.74) is 3.96. The predicted octanol–water partition coefficient (Wildman–Crippen LogP) is 4.05. The van der Waals surface area contributed by atoms with Crippen LogP contribution in [0.15, 0.2) is 84.0 Å². The summed E-state index contributed by atoms with van der Waals surface area (Å²) in [6.07, 6.45) is 1.90. The van der Waals surface area contributed by atoms with Gasteiger partial charge in [-0.15, -0.1) is 0 Å². The van der Waals surface area contributed by atoms with Crippen LogP contribution >= 0.6 is 0 Å². The Labute approximate surface area is 190 Å². The molecule has 0 aliphatic carbocycles. The predicted molar refractivity (Wildman–Crippen MR) is 124 cm³/mol. The van der Waals surface area contributed by atoms with Gasteiger partial charge in [-0.3, -0.25) is 19.6 Å². The molecule has 166 valence electrons. The minimum atomic E-state index is -0.412. The Morgan fingerprint density at radius 1 is 0.939 bits per heavy atom. The molecule has 0 aliphatic heterocycles. The number of carbonyl (C=O) groups excluding carboxylic acids is 1. The van der Waals surface area contributed by atoms with Gasteiger partial charge >= 0.3 is 5.69 Å². The number of carbonyl (C=O) groups is 1. The molecule has 8 heteroatoms. The number of rotatable bonds is 6. The Hall–Kier alpha value is -4.33. The van der Waals surface area contributed by atoms with Gasteiger partial charge in [0.2, 0.25) is 0 Å². The molecule has 0 unspecified atom stereocenters. The lowest BCUT2D eigenvalue weighted by atomic mass is 10.1. The molecular weight excluding hydrogens is 418 g/mol. The number of nitrogens with zero attached hydrogens (tertiary/aromatic N) is 5. The van der Waals surface area contributed by atoms with E-state index in [4.69, 9.17) is 0 Å². The van der Waals surface area contributed by atoms with Crippen molar-refractivity contribution in [1.82, 2.24) is 14.3 Å². The summed E-state index contributed by atoms with van der Waals surface area (Å²) in [5, 5.41) is 15.5. The largest absolute Gasteiger partial charge is 0.328 e. The summed E-state index contributed by atoms with van der Waals surface area (Å²) in [5.74, 6) is -0.337.